The van der Waals surface area contributed by atoms with Crippen molar-refractivity contribution in [2.75, 3.05) is 6.54 Å². The molecule has 0 fully saturated rings. The van der Waals surface area contributed by atoms with Gasteiger partial charge in [-0.05, 0) is 44.5 Å². The van der Waals surface area contributed by atoms with Crippen LogP contribution in [0.15, 0.2) is 22.7 Å². The highest BCUT2D eigenvalue weighted by Crippen LogP contribution is 2.39. The molecule has 0 saturated carbocycles. The van der Waals surface area contributed by atoms with Crippen LogP contribution in [0.4, 0.5) is 0 Å². The van der Waals surface area contributed by atoms with Crippen LogP contribution in [0.1, 0.15) is 36.7 Å². The molecule has 2 rings (SSSR count). The van der Waals surface area contributed by atoms with Gasteiger partial charge in [0.1, 0.15) is 0 Å². The standard InChI is InChI=1S/C12H14BrNO/c1-4-14-11(15)9-6-5-8(13)7-10(9)12(14,2)3/h5-7H,4H2,1-3H3. The average molecular weight is 268 g/mol. The summed E-state index contributed by atoms with van der Waals surface area (Å²) >= 11 is 3.45. The van der Waals surface area contributed by atoms with Gasteiger partial charge in [0.05, 0.1) is 5.54 Å². The Hall–Kier alpha value is -0.830. The van der Waals surface area contributed by atoms with Crippen LogP contribution in [0, 0.1) is 0 Å². The van der Waals surface area contributed by atoms with E-state index in [4.69, 9.17) is 0 Å². The third-order valence-corrected chi connectivity index (χ3v) is 3.60. The number of amides is 1. The van der Waals surface area contributed by atoms with Gasteiger partial charge in [0.2, 0.25) is 0 Å². The van der Waals surface area contributed by atoms with Crippen molar-refractivity contribution < 1.29 is 4.79 Å². The van der Waals surface area contributed by atoms with E-state index in [1.54, 1.807) is 0 Å². The Morgan fingerprint density at radius 1 is 1.40 bits per heavy atom. The molecule has 3 heteroatoms. The lowest BCUT2D eigenvalue weighted by molar-refractivity contribution is 0.0635. The monoisotopic (exact) mass is 267 g/mol. The zero-order valence-corrected chi connectivity index (χ0v) is 10.8. The van der Waals surface area contributed by atoms with Gasteiger partial charge in [-0.25, -0.2) is 0 Å². The van der Waals surface area contributed by atoms with Crippen LogP contribution >= 0.6 is 15.9 Å². The number of hydrogen-bond donors (Lipinski definition) is 0. The van der Waals surface area contributed by atoms with Crippen molar-refractivity contribution >= 4 is 21.8 Å². The third-order valence-electron chi connectivity index (χ3n) is 3.11. The highest BCUT2D eigenvalue weighted by Gasteiger charge is 2.41. The smallest absolute Gasteiger partial charge is 0.254 e. The number of hydrogen-bond acceptors (Lipinski definition) is 1. The summed E-state index contributed by atoms with van der Waals surface area (Å²) in [4.78, 5) is 14.0. The minimum Gasteiger partial charge on any atom is -0.330 e. The third kappa shape index (κ3) is 1.41. The molecule has 1 aromatic carbocycles. The van der Waals surface area contributed by atoms with Crippen LogP contribution in [0.2, 0.25) is 0 Å². The quantitative estimate of drug-likeness (QED) is 0.766. The lowest BCUT2D eigenvalue weighted by Gasteiger charge is -2.31. The number of benzene rings is 1. The van der Waals surface area contributed by atoms with Gasteiger partial charge in [-0.15, -0.1) is 0 Å². The zero-order chi connectivity index (χ0) is 11.2. The van der Waals surface area contributed by atoms with Gasteiger partial charge in [0, 0.05) is 16.6 Å². The first kappa shape index (κ1) is 10.7. The van der Waals surface area contributed by atoms with E-state index >= 15 is 0 Å². The van der Waals surface area contributed by atoms with Gasteiger partial charge in [-0.3, -0.25) is 4.79 Å². The van der Waals surface area contributed by atoms with Crippen molar-refractivity contribution in [3.63, 3.8) is 0 Å². The molecule has 1 aliphatic rings. The van der Waals surface area contributed by atoms with Crippen molar-refractivity contribution in [3.8, 4) is 0 Å². The first-order valence-electron chi connectivity index (χ1n) is 5.10. The van der Waals surface area contributed by atoms with Gasteiger partial charge in [-0.2, -0.15) is 0 Å². The maximum absolute atomic E-state index is 12.1. The molecular formula is C12H14BrNO. The number of carbonyl (C=O) groups is 1. The Morgan fingerprint density at radius 3 is 2.67 bits per heavy atom. The molecule has 1 aromatic rings. The second-order valence-corrected chi connectivity index (χ2v) is 5.21. The van der Waals surface area contributed by atoms with Gasteiger partial charge in [0.25, 0.3) is 5.91 Å². The summed E-state index contributed by atoms with van der Waals surface area (Å²) in [7, 11) is 0. The molecule has 1 heterocycles. The van der Waals surface area contributed by atoms with E-state index < -0.39 is 0 Å². The summed E-state index contributed by atoms with van der Waals surface area (Å²) < 4.78 is 1.03. The van der Waals surface area contributed by atoms with Crippen molar-refractivity contribution in [2.45, 2.75) is 26.3 Å². The summed E-state index contributed by atoms with van der Waals surface area (Å²) in [5, 5.41) is 0. The van der Waals surface area contributed by atoms with E-state index in [1.807, 2.05) is 30.0 Å². The van der Waals surface area contributed by atoms with Gasteiger partial charge in [0.15, 0.2) is 0 Å². The molecular weight excluding hydrogens is 254 g/mol. The van der Waals surface area contributed by atoms with Crippen LogP contribution < -0.4 is 0 Å². The van der Waals surface area contributed by atoms with E-state index in [0.29, 0.717) is 0 Å². The van der Waals surface area contributed by atoms with E-state index in [2.05, 4.69) is 29.8 Å². The molecule has 0 spiro atoms. The highest BCUT2D eigenvalue weighted by atomic mass is 79.9. The summed E-state index contributed by atoms with van der Waals surface area (Å²) in [5.74, 6) is 0.144. The SMILES string of the molecule is CCN1C(=O)c2ccc(Br)cc2C1(C)C. The number of fused-ring (bicyclic) bond motifs is 1. The first-order valence-corrected chi connectivity index (χ1v) is 5.89. The summed E-state index contributed by atoms with van der Waals surface area (Å²) in [6, 6.07) is 5.87. The fourth-order valence-corrected chi connectivity index (χ4v) is 2.65. The van der Waals surface area contributed by atoms with Gasteiger partial charge in [-0.1, -0.05) is 15.9 Å². The molecule has 1 aliphatic heterocycles. The molecule has 0 saturated heterocycles. The van der Waals surface area contributed by atoms with Crippen LogP contribution in [-0.2, 0) is 5.54 Å². The topological polar surface area (TPSA) is 20.3 Å². The molecule has 1 amide bonds. The van der Waals surface area contributed by atoms with Gasteiger partial charge < -0.3 is 4.90 Å². The fourth-order valence-electron chi connectivity index (χ4n) is 2.29. The minimum absolute atomic E-state index is 0.144. The minimum atomic E-state index is -0.190. The Balaban J connectivity index is 2.63. The highest BCUT2D eigenvalue weighted by molar-refractivity contribution is 9.10. The lowest BCUT2D eigenvalue weighted by atomic mass is 9.94. The number of carbonyl (C=O) groups excluding carboxylic acids is 1. The van der Waals surface area contributed by atoms with E-state index in [1.165, 1.54) is 0 Å². The summed E-state index contributed by atoms with van der Waals surface area (Å²) in [6.45, 7) is 6.94. The van der Waals surface area contributed by atoms with Gasteiger partial charge >= 0.3 is 0 Å². The van der Waals surface area contributed by atoms with E-state index in [-0.39, 0.29) is 11.4 Å². The Morgan fingerprint density at radius 2 is 2.07 bits per heavy atom. The number of nitrogens with zero attached hydrogens (tertiary/aromatic N) is 1. The van der Waals surface area contributed by atoms with Crippen molar-refractivity contribution in [3.05, 3.63) is 33.8 Å². The van der Waals surface area contributed by atoms with E-state index in [9.17, 15) is 4.79 Å². The molecule has 0 radical (unpaired) electrons. The predicted molar refractivity (Wildman–Crippen MR) is 63.9 cm³/mol. The zero-order valence-electron chi connectivity index (χ0n) is 9.17. The number of halogens is 1. The molecule has 0 unspecified atom stereocenters. The molecule has 80 valence electrons. The fraction of sp³-hybridized carbons (Fsp3) is 0.417. The normalized spacial score (nSPS) is 18.1. The predicted octanol–water partition coefficient (Wildman–Crippen LogP) is 3.16. The van der Waals surface area contributed by atoms with E-state index in [0.717, 1.165) is 22.1 Å². The first-order chi connectivity index (χ1) is 6.98. The summed E-state index contributed by atoms with van der Waals surface area (Å²) in [6.07, 6.45) is 0. The lowest BCUT2D eigenvalue weighted by Crippen LogP contribution is -2.38. The van der Waals surface area contributed by atoms with Crippen molar-refractivity contribution in [2.24, 2.45) is 0 Å². The maximum atomic E-state index is 12.1. The Bertz CT molecular complexity index is 426. The molecule has 0 N–H and O–H groups in total. The summed E-state index contributed by atoms with van der Waals surface area (Å²) in [5.41, 5.74) is 1.76. The van der Waals surface area contributed by atoms with Crippen LogP contribution in [0.25, 0.3) is 0 Å². The number of rotatable bonds is 1. The molecule has 0 aliphatic carbocycles. The molecule has 0 atom stereocenters. The van der Waals surface area contributed by atoms with Crippen LogP contribution in [0.5, 0.6) is 0 Å². The van der Waals surface area contributed by atoms with Crippen molar-refractivity contribution in [1.29, 1.82) is 0 Å². The Kier molecular flexibility index (Phi) is 2.38. The second kappa shape index (κ2) is 3.34. The molecule has 0 bridgehead atoms. The molecule has 15 heavy (non-hydrogen) atoms. The van der Waals surface area contributed by atoms with Crippen molar-refractivity contribution in [1.82, 2.24) is 4.90 Å². The largest absolute Gasteiger partial charge is 0.330 e. The molecule has 0 aromatic heterocycles. The van der Waals surface area contributed by atoms with Crippen LogP contribution in [-0.4, -0.2) is 17.4 Å². The Labute approximate surface area is 98.4 Å². The second-order valence-electron chi connectivity index (χ2n) is 4.30. The molecule has 2 nitrogen and oxygen atoms in total. The average Bonchev–Trinajstić information content (AvgIpc) is 2.35. The maximum Gasteiger partial charge on any atom is 0.254 e. The van der Waals surface area contributed by atoms with Crippen LogP contribution in [0.3, 0.4) is 0 Å².